The smallest absolute Gasteiger partial charge is 0.462 e. The predicted molar refractivity (Wildman–Crippen MR) is 173 cm³/mol. The Kier molecular flexibility index (Phi) is 25.5. The highest BCUT2D eigenvalue weighted by molar-refractivity contribution is 7.47. The first-order valence-corrected chi connectivity index (χ1v) is 17.7. The quantitative estimate of drug-likeness (QED) is 0.0306. The van der Waals surface area contributed by atoms with Crippen LogP contribution < -0.4 is 0 Å². The number of unbranched alkanes of at least 4 members (excludes halogenated alkanes) is 9. The number of ether oxygens (including phenoxy) is 2. The van der Waals surface area contributed by atoms with Crippen LogP contribution in [0.2, 0.25) is 0 Å². The minimum Gasteiger partial charge on any atom is -0.462 e. The van der Waals surface area contributed by atoms with Gasteiger partial charge in [-0.1, -0.05) is 88.8 Å². The largest absolute Gasteiger partial charge is 0.472 e. The second-order valence-electron chi connectivity index (χ2n) is 11.8. The zero-order valence-corrected chi connectivity index (χ0v) is 28.6. The first-order valence-electron chi connectivity index (χ1n) is 16.2. The minimum absolute atomic E-state index is 0.0262. The molecule has 1 N–H and O–H groups in total. The Labute approximate surface area is 261 Å². The lowest BCUT2D eigenvalue weighted by Crippen LogP contribution is -2.37. The topological polar surface area (TPSA) is 108 Å². The Bertz CT molecular complexity index is 850. The van der Waals surface area contributed by atoms with Crippen molar-refractivity contribution in [2.45, 2.75) is 116 Å². The SMILES string of the molecule is CCCCC/C=C\C/C=C\C/C=C\CCCCCCCCC(=O)OC(COC(=O)CC)COP(=O)(O)OCC[N+](C)(C)C. The van der Waals surface area contributed by atoms with Crippen molar-refractivity contribution in [1.29, 1.82) is 0 Å². The summed E-state index contributed by atoms with van der Waals surface area (Å²) < 4.78 is 33.2. The van der Waals surface area contributed by atoms with Gasteiger partial charge in [0.15, 0.2) is 6.10 Å². The number of carbonyl (C=O) groups is 2. The monoisotopic (exact) mass is 630 g/mol. The molecule has 9 nitrogen and oxygen atoms in total. The van der Waals surface area contributed by atoms with Crippen LogP contribution in [-0.4, -0.2) is 74.9 Å². The number of phosphoric acid groups is 1. The van der Waals surface area contributed by atoms with Gasteiger partial charge >= 0.3 is 19.8 Å². The second kappa shape index (κ2) is 26.6. The van der Waals surface area contributed by atoms with Gasteiger partial charge < -0.3 is 18.9 Å². The molecule has 2 atom stereocenters. The van der Waals surface area contributed by atoms with Gasteiger partial charge in [-0.25, -0.2) is 4.57 Å². The maximum absolute atomic E-state index is 12.4. The fourth-order valence-electron chi connectivity index (χ4n) is 3.82. The molecule has 0 saturated carbocycles. The number of hydrogen-bond acceptors (Lipinski definition) is 7. The zero-order valence-electron chi connectivity index (χ0n) is 27.7. The van der Waals surface area contributed by atoms with Crippen LogP contribution in [0.15, 0.2) is 36.5 Å². The number of nitrogens with zero attached hydrogens (tertiary/aromatic N) is 1. The van der Waals surface area contributed by atoms with Crippen LogP contribution in [0.25, 0.3) is 0 Å². The van der Waals surface area contributed by atoms with Crippen LogP contribution in [0, 0.1) is 0 Å². The van der Waals surface area contributed by atoms with E-state index in [4.69, 9.17) is 18.5 Å². The summed E-state index contributed by atoms with van der Waals surface area (Å²) in [5, 5.41) is 0. The van der Waals surface area contributed by atoms with Crippen molar-refractivity contribution in [2.24, 2.45) is 0 Å². The van der Waals surface area contributed by atoms with Crippen molar-refractivity contribution in [2.75, 3.05) is 47.5 Å². The molecule has 0 aromatic heterocycles. The second-order valence-corrected chi connectivity index (χ2v) is 13.3. The highest BCUT2D eigenvalue weighted by Gasteiger charge is 2.26. The Morgan fingerprint density at radius 2 is 1.30 bits per heavy atom. The van der Waals surface area contributed by atoms with E-state index in [1.807, 2.05) is 21.1 Å². The Hall–Kier alpha value is -1.77. The van der Waals surface area contributed by atoms with E-state index in [2.05, 4.69) is 43.4 Å². The first kappa shape index (κ1) is 41.2. The van der Waals surface area contributed by atoms with Crippen molar-refractivity contribution in [3.63, 3.8) is 0 Å². The van der Waals surface area contributed by atoms with E-state index < -0.39 is 32.5 Å². The molecule has 0 aliphatic heterocycles. The summed E-state index contributed by atoms with van der Waals surface area (Å²) in [5.41, 5.74) is 0. The van der Waals surface area contributed by atoms with Crippen LogP contribution in [0.5, 0.6) is 0 Å². The van der Waals surface area contributed by atoms with Gasteiger partial charge in [0.05, 0.1) is 27.7 Å². The van der Waals surface area contributed by atoms with Crippen molar-refractivity contribution in [3.05, 3.63) is 36.5 Å². The van der Waals surface area contributed by atoms with Crippen molar-refractivity contribution < 1.29 is 42.1 Å². The Balaban J connectivity index is 4.08. The average molecular weight is 631 g/mol. The van der Waals surface area contributed by atoms with E-state index >= 15 is 0 Å². The summed E-state index contributed by atoms with van der Waals surface area (Å²) in [7, 11) is 1.45. The molecule has 0 aliphatic rings. The van der Waals surface area contributed by atoms with Gasteiger partial charge in [-0.15, -0.1) is 0 Å². The Morgan fingerprint density at radius 1 is 0.744 bits per heavy atom. The summed E-state index contributed by atoms with van der Waals surface area (Å²) >= 11 is 0. The number of phosphoric ester groups is 1. The molecule has 0 heterocycles. The molecule has 0 aromatic rings. The molecule has 43 heavy (non-hydrogen) atoms. The third kappa shape index (κ3) is 30.1. The molecular formula is C33H61NO8P+. The highest BCUT2D eigenvalue weighted by Crippen LogP contribution is 2.43. The number of esters is 2. The molecule has 0 saturated heterocycles. The zero-order chi connectivity index (χ0) is 32.2. The lowest BCUT2D eigenvalue weighted by Gasteiger charge is -2.24. The van der Waals surface area contributed by atoms with Gasteiger partial charge in [0.2, 0.25) is 0 Å². The third-order valence-electron chi connectivity index (χ3n) is 6.48. The molecule has 0 fully saturated rings. The van der Waals surface area contributed by atoms with Gasteiger partial charge in [-0.05, 0) is 44.9 Å². The molecule has 0 rings (SSSR count). The molecule has 2 unspecified atom stereocenters. The molecule has 0 amide bonds. The van der Waals surface area contributed by atoms with E-state index in [9.17, 15) is 19.0 Å². The van der Waals surface area contributed by atoms with Crippen LogP contribution in [0.3, 0.4) is 0 Å². The number of likely N-dealkylation sites (N-methyl/N-ethyl adjacent to an activating group) is 1. The van der Waals surface area contributed by atoms with Gasteiger partial charge in [-0.2, -0.15) is 0 Å². The van der Waals surface area contributed by atoms with Crippen molar-refractivity contribution in [1.82, 2.24) is 0 Å². The fourth-order valence-corrected chi connectivity index (χ4v) is 4.56. The first-order chi connectivity index (χ1) is 20.5. The molecule has 0 spiro atoms. The molecular weight excluding hydrogens is 569 g/mol. The molecule has 10 heteroatoms. The standard InChI is InChI=1S/C33H60NO8P/c1-6-8-9-10-11-12-13-14-15-16-17-18-19-20-21-22-23-24-25-26-33(36)42-31(29-39-32(35)7-2)30-41-43(37,38)40-28-27-34(3,4)5/h11-12,14-15,17-18,31H,6-10,13,16,19-30H2,1-5H3/p+1/b12-11-,15-14-,18-17-. The molecule has 0 bridgehead atoms. The van der Waals surface area contributed by atoms with E-state index in [0.717, 1.165) is 51.4 Å². The lowest BCUT2D eigenvalue weighted by molar-refractivity contribution is -0.870. The average Bonchev–Trinajstić information content (AvgIpc) is 2.94. The Morgan fingerprint density at radius 3 is 1.88 bits per heavy atom. The lowest BCUT2D eigenvalue weighted by atomic mass is 10.1. The minimum atomic E-state index is -4.34. The van der Waals surface area contributed by atoms with Crippen LogP contribution in [-0.2, 0) is 32.7 Å². The predicted octanol–water partition coefficient (Wildman–Crippen LogP) is 7.84. The van der Waals surface area contributed by atoms with E-state index in [1.54, 1.807) is 6.92 Å². The summed E-state index contributed by atoms with van der Waals surface area (Å²) in [6.07, 6.45) is 27.1. The van der Waals surface area contributed by atoms with Gasteiger partial charge in [0.25, 0.3) is 0 Å². The van der Waals surface area contributed by atoms with Crippen molar-refractivity contribution in [3.8, 4) is 0 Å². The van der Waals surface area contributed by atoms with Gasteiger partial charge in [0, 0.05) is 12.8 Å². The summed E-state index contributed by atoms with van der Waals surface area (Å²) in [6.45, 7) is 3.74. The summed E-state index contributed by atoms with van der Waals surface area (Å²) in [6, 6.07) is 0. The molecule has 0 aromatic carbocycles. The van der Waals surface area contributed by atoms with E-state index in [-0.39, 0.29) is 26.1 Å². The summed E-state index contributed by atoms with van der Waals surface area (Å²) in [5.74, 6) is -0.918. The van der Waals surface area contributed by atoms with E-state index in [1.165, 1.54) is 25.7 Å². The van der Waals surface area contributed by atoms with Crippen molar-refractivity contribution >= 4 is 19.8 Å². The van der Waals surface area contributed by atoms with Crippen LogP contribution >= 0.6 is 7.82 Å². The number of carbonyl (C=O) groups excluding carboxylic acids is 2. The number of allylic oxidation sites excluding steroid dienone is 6. The molecule has 250 valence electrons. The van der Waals surface area contributed by atoms with E-state index in [0.29, 0.717) is 17.4 Å². The van der Waals surface area contributed by atoms with Crippen LogP contribution in [0.4, 0.5) is 0 Å². The maximum Gasteiger partial charge on any atom is 0.472 e. The number of rotatable bonds is 28. The fraction of sp³-hybridized carbons (Fsp3) is 0.758. The molecule has 0 radical (unpaired) electrons. The number of hydrogen-bond donors (Lipinski definition) is 1. The number of quaternary nitrogens is 1. The normalized spacial score (nSPS) is 14.5. The van der Waals surface area contributed by atoms with Gasteiger partial charge in [-0.3, -0.25) is 18.6 Å². The summed E-state index contributed by atoms with van der Waals surface area (Å²) in [4.78, 5) is 33.9. The maximum atomic E-state index is 12.4. The van der Waals surface area contributed by atoms with Gasteiger partial charge in [0.1, 0.15) is 19.8 Å². The molecule has 0 aliphatic carbocycles. The van der Waals surface area contributed by atoms with Crippen LogP contribution in [0.1, 0.15) is 110 Å². The highest BCUT2D eigenvalue weighted by atomic mass is 31.2. The third-order valence-corrected chi connectivity index (χ3v) is 7.46.